The molecule has 12 heavy (non-hydrogen) atoms. The SMILES string of the molecule is CC[C@](N)(C(=O)O)C(C)(C)C.Cl. The van der Waals surface area contributed by atoms with Gasteiger partial charge in [0.05, 0.1) is 0 Å². The molecule has 0 unspecified atom stereocenters. The largest absolute Gasteiger partial charge is 0.480 e. The summed E-state index contributed by atoms with van der Waals surface area (Å²) >= 11 is 0. The maximum atomic E-state index is 10.8. The first-order chi connectivity index (χ1) is 4.75. The molecule has 0 saturated heterocycles. The Bertz CT molecular complexity index is 165. The predicted molar refractivity (Wildman–Crippen MR) is 51.5 cm³/mol. The molecule has 0 aromatic carbocycles. The minimum Gasteiger partial charge on any atom is -0.480 e. The van der Waals surface area contributed by atoms with Gasteiger partial charge in [0.1, 0.15) is 5.54 Å². The highest BCUT2D eigenvalue weighted by molar-refractivity contribution is 5.85. The summed E-state index contributed by atoms with van der Waals surface area (Å²) in [6, 6.07) is 0. The maximum Gasteiger partial charge on any atom is 0.324 e. The lowest BCUT2D eigenvalue weighted by atomic mass is 9.73. The van der Waals surface area contributed by atoms with Gasteiger partial charge in [-0.25, -0.2) is 0 Å². The minimum absolute atomic E-state index is 0. The molecule has 0 saturated carbocycles. The van der Waals surface area contributed by atoms with Crippen molar-refractivity contribution in [3.05, 3.63) is 0 Å². The van der Waals surface area contributed by atoms with Gasteiger partial charge in [0, 0.05) is 0 Å². The lowest BCUT2D eigenvalue weighted by molar-refractivity contribution is -0.147. The lowest BCUT2D eigenvalue weighted by Gasteiger charge is -2.36. The fourth-order valence-corrected chi connectivity index (χ4v) is 1.00. The van der Waals surface area contributed by atoms with Crippen LogP contribution in [0.2, 0.25) is 0 Å². The molecule has 0 aliphatic heterocycles. The second kappa shape index (κ2) is 4.10. The van der Waals surface area contributed by atoms with Crippen LogP contribution in [0.15, 0.2) is 0 Å². The maximum absolute atomic E-state index is 10.8. The molecule has 0 fully saturated rings. The van der Waals surface area contributed by atoms with Gasteiger partial charge in [-0.05, 0) is 11.8 Å². The Balaban J connectivity index is 0. The van der Waals surface area contributed by atoms with Gasteiger partial charge in [-0.2, -0.15) is 0 Å². The quantitative estimate of drug-likeness (QED) is 0.704. The number of carboxylic acid groups (broad SMARTS) is 1. The average Bonchev–Trinajstić information content (AvgIpc) is 1.83. The summed E-state index contributed by atoms with van der Waals surface area (Å²) in [7, 11) is 0. The van der Waals surface area contributed by atoms with Crippen LogP contribution in [0.25, 0.3) is 0 Å². The van der Waals surface area contributed by atoms with E-state index in [0.29, 0.717) is 6.42 Å². The third kappa shape index (κ3) is 2.35. The standard InChI is InChI=1S/C8H17NO2.ClH/c1-5-8(9,6(10)11)7(2,3)4;/h5,9H2,1-4H3,(H,10,11);1H/t8-;/m0./s1. The fourth-order valence-electron chi connectivity index (χ4n) is 1.00. The Hall–Kier alpha value is -0.280. The van der Waals surface area contributed by atoms with Gasteiger partial charge in [-0.1, -0.05) is 27.7 Å². The van der Waals surface area contributed by atoms with Crippen molar-refractivity contribution in [2.75, 3.05) is 0 Å². The summed E-state index contributed by atoms with van der Waals surface area (Å²) in [4.78, 5) is 10.8. The smallest absolute Gasteiger partial charge is 0.324 e. The van der Waals surface area contributed by atoms with Crippen molar-refractivity contribution < 1.29 is 9.90 Å². The highest BCUT2D eigenvalue weighted by Crippen LogP contribution is 2.30. The number of hydrogen-bond donors (Lipinski definition) is 2. The van der Waals surface area contributed by atoms with Crippen molar-refractivity contribution in [2.24, 2.45) is 11.1 Å². The summed E-state index contributed by atoms with van der Waals surface area (Å²) in [6.45, 7) is 7.30. The lowest BCUT2D eigenvalue weighted by Crippen LogP contribution is -2.57. The van der Waals surface area contributed by atoms with Gasteiger partial charge in [-0.3, -0.25) is 4.79 Å². The topological polar surface area (TPSA) is 63.3 Å². The van der Waals surface area contributed by atoms with E-state index in [9.17, 15) is 4.79 Å². The first kappa shape index (κ1) is 14.3. The van der Waals surface area contributed by atoms with Gasteiger partial charge >= 0.3 is 5.97 Å². The first-order valence-electron chi connectivity index (χ1n) is 3.78. The average molecular weight is 196 g/mol. The molecule has 0 heterocycles. The van der Waals surface area contributed by atoms with Crippen LogP contribution in [0, 0.1) is 5.41 Å². The number of carbonyl (C=O) groups is 1. The zero-order valence-corrected chi connectivity index (χ0v) is 8.86. The van der Waals surface area contributed by atoms with E-state index in [1.165, 1.54) is 0 Å². The third-order valence-corrected chi connectivity index (χ3v) is 2.28. The molecule has 3 nitrogen and oxygen atoms in total. The van der Waals surface area contributed by atoms with E-state index in [1.54, 1.807) is 6.92 Å². The first-order valence-corrected chi connectivity index (χ1v) is 3.78. The molecule has 0 bridgehead atoms. The summed E-state index contributed by atoms with van der Waals surface area (Å²) in [6.07, 6.45) is 0.450. The van der Waals surface area contributed by atoms with Crippen LogP contribution in [0.1, 0.15) is 34.1 Å². The summed E-state index contributed by atoms with van der Waals surface area (Å²) in [5.41, 5.74) is 4.22. The molecule has 3 N–H and O–H groups in total. The third-order valence-electron chi connectivity index (χ3n) is 2.28. The van der Waals surface area contributed by atoms with Crippen LogP contribution >= 0.6 is 12.4 Å². The van der Waals surface area contributed by atoms with Crippen molar-refractivity contribution in [1.29, 1.82) is 0 Å². The molecule has 0 aliphatic carbocycles. The molecule has 0 spiro atoms. The van der Waals surface area contributed by atoms with Gasteiger partial charge in [-0.15, -0.1) is 12.4 Å². The van der Waals surface area contributed by atoms with E-state index >= 15 is 0 Å². The Morgan fingerprint density at radius 2 is 1.75 bits per heavy atom. The van der Waals surface area contributed by atoms with Crippen LogP contribution in [-0.2, 0) is 4.79 Å². The van der Waals surface area contributed by atoms with Crippen molar-refractivity contribution in [3.8, 4) is 0 Å². The Morgan fingerprint density at radius 3 is 1.75 bits per heavy atom. The zero-order chi connectivity index (χ0) is 9.28. The second-order valence-corrected chi connectivity index (χ2v) is 3.88. The number of nitrogens with two attached hydrogens (primary N) is 1. The molecule has 0 aromatic rings. The van der Waals surface area contributed by atoms with Crippen molar-refractivity contribution in [3.63, 3.8) is 0 Å². The van der Waals surface area contributed by atoms with Crippen molar-refractivity contribution in [2.45, 2.75) is 39.7 Å². The van der Waals surface area contributed by atoms with E-state index in [2.05, 4.69) is 0 Å². The van der Waals surface area contributed by atoms with E-state index in [1.807, 2.05) is 20.8 Å². The second-order valence-electron chi connectivity index (χ2n) is 3.88. The number of carboxylic acids is 1. The number of hydrogen-bond acceptors (Lipinski definition) is 2. The molecule has 0 amide bonds. The van der Waals surface area contributed by atoms with Crippen LogP contribution in [-0.4, -0.2) is 16.6 Å². The number of rotatable bonds is 2. The van der Waals surface area contributed by atoms with Crippen LogP contribution in [0.4, 0.5) is 0 Å². The molecule has 0 radical (unpaired) electrons. The Labute approximate surface area is 79.7 Å². The van der Waals surface area contributed by atoms with Crippen LogP contribution < -0.4 is 5.73 Å². The highest BCUT2D eigenvalue weighted by atomic mass is 35.5. The molecule has 0 rings (SSSR count). The van der Waals surface area contributed by atoms with Gasteiger partial charge in [0.2, 0.25) is 0 Å². The summed E-state index contributed by atoms with van der Waals surface area (Å²) in [5.74, 6) is -0.924. The van der Waals surface area contributed by atoms with E-state index < -0.39 is 16.9 Å². The zero-order valence-electron chi connectivity index (χ0n) is 8.05. The van der Waals surface area contributed by atoms with E-state index in [-0.39, 0.29) is 12.4 Å². The normalized spacial score (nSPS) is 16.1. The fraction of sp³-hybridized carbons (Fsp3) is 0.875. The van der Waals surface area contributed by atoms with E-state index in [0.717, 1.165) is 0 Å². The van der Waals surface area contributed by atoms with E-state index in [4.69, 9.17) is 10.8 Å². The van der Waals surface area contributed by atoms with Gasteiger partial charge in [0.25, 0.3) is 0 Å². The minimum atomic E-state index is -1.10. The number of halogens is 1. The Morgan fingerprint density at radius 1 is 1.42 bits per heavy atom. The van der Waals surface area contributed by atoms with Gasteiger partial charge < -0.3 is 10.8 Å². The summed E-state index contributed by atoms with van der Waals surface area (Å²) < 4.78 is 0. The molecule has 1 atom stereocenters. The molecular formula is C8H18ClNO2. The van der Waals surface area contributed by atoms with Crippen molar-refractivity contribution >= 4 is 18.4 Å². The van der Waals surface area contributed by atoms with Crippen molar-refractivity contribution in [1.82, 2.24) is 0 Å². The monoisotopic (exact) mass is 195 g/mol. The molecule has 0 aromatic heterocycles. The Kier molecular flexibility index (Phi) is 4.87. The van der Waals surface area contributed by atoms with Crippen LogP contribution in [0.3, 0.4) is 0 Å². The van der Waals surface area contributed by atoms with Gasteiger partial charge in [0.15, 0.2) is 0 Å². The molecule has 74 valence electrons. The van der Waals surface area contributed by atoms with Crippen LogP contribution in [0.5, 0.6) is 0 Å². The molecule has 4 heteroatoms. The predicted octanol–water partition coefficient (Wildman–Crippen LogP) is 1.65. The molecule has 0 aliphatic rings. The highest BCUT2D eigenvalue weighted by Gasteiger charge is 2.43. The summed E-state index contributed by atoms with van der Waals surface area (Å²) in [5, 5.41) is 8.84. The number of aliphatic carboxylic acids is 1. The molecular weight excluding hydrogens is 178 g/mol.